The van der Waals surface area contributed by atoms with Crippen molar-refractivity contribution in [3.63, 3.8) is 0 Å². The molecular weight excluding hydrogens is 548 g/mol. The summed E-state index contributed by atoms with van der Waals surface area (Å²) >= 11 is 0. The van der Waals surface area contributed by atoms with Gasteiger partial charge in [-0.1, -0.05) is 0 Å². The molecule has 2 aromatic carbocycles. The van der Waals surface area contributed by atoms with Gasteiger partial charge in [-0.25, -0.2) is 0 Å². The van der Waals surface area contributed by atoms with Gasteiger partial charge in [0.1, 0.15) is 64.8 Å². The van der Waals surface area contributed by atoms with E-state index in [1.165, 1.54) is 44.2 Å². The smallest absolute Gasteiger partial charge is 0.239 e. The molecule has 0 radical (unpaired) electrons. The van der Waals surface area contributed by atoms with Gasteiger partial charge in [0, 0.05) is 17.7 Å². The first-order valence-corrected chi connectivity index (χ1v) is 12.7. The summed E-state index contributed by atoms with van der Waals surface area (Å²) in [5.41, 5.74) is -0.860. The topological polar surface area (TPSA) is 229 Å². The fraction of sp³-hybridized carbons (Fsp3) is 0.444. The Morgan fingerprint density at radius 1 is 0.780 bits per heavy atom. The molecule has 2 fully saturated rings. The van der Waals surface area contributed by atoms with Crippen molar-refractivity contribution < 1.29 is 64.2 Å². The number of hydrogen-bond acceptors (Lipinski definition) is 14. The summed E-state index contributed by atoms with van der Waals surface area (Å²) < 4.78 is 28.1. The number of phenolic OH excluding ortho intramolecular Hbond substituents is 2. The third kappa shape index (κ3) is 5.31. The summed E-state index contributed by atoms with van der Waals surface area (Å²) in [4.78, 5) is 13.7. The molecule has 3 aromatic rings. The molecular formula is C27H30O14. The summed E-state index contributed by atoms with van der Waals surface area (Å²) in [6, 6.07) is 7.71. The van der Waals surface area contributed by atoms with Crippen LogP contribution in [-0.4, -0.2) is 102 Å². The normalized spacial score (nSPS) is 31.3. The van der Waals surface area contributed by atoms with Gasteiger partial charge in [-0.2, -0.15) is 0 Å². The third-order valence-electron chi connectivity index (χ3n) is 6.99. The lowest BCUT2D eigenvalue weighted by Gasteiger charge is -2.20. The predicted molar refractivity (Wildman–Crippen MR) is 137 cm³/mol. The molecule has 1 aromatic heterocycles. The quantitative estimate of drug-likeness (QED) is 0.173. The number of fused-ring (bicyclic) bond motifs is 1. The summed E-state index contributed by atoms with van der Waals surface area (Å²) in [5.74, 6) is -1.54. The lowest BCUT2D eigenvalue weighted by molar-refractivity contribution is -0.129. The van der Waals surface area contributed by atoms with Crippen molar-refractivity contribution in [3.8, 4) is 34.3 Å². The van der Waals surface area contributed by atoms with Gasteiger partial charge in [0.05, 0.1) is 12.2 Å². The van der Waals surface area contributed by atoms with Gasteiger partial charge in [0.15, 0.2) is 5.76 Å². The highest BCUT2D eigenvalue weighted by Crippen LogP contribution is 2.39. The van der Waals surface area contributed by atoms with Crippen LogP contribution >= 0.6 is 0 Å². The maximum Gasteiger partial charge on any atom is 0.239 e. The minimum atomic E-state index is -1.65. The van der Waals surface area contributed by atoms with Gasteiger partial charge in [0.25, 0.3) is 0 Å². The van der Waals surface area contributed by atoms with Gasteiger partial charge < -0.3 is 64.2 Å². The Morgan fingerprint density at radius 2 is 1.32 bits per heavy atom. The molecule has 14 nitrogen and oxygen atoms in total. The van der Waals surface area contributed by atoms with Crippen LogP contribution < -0.4 is 14.9 Å². The second-order valence-corrected chi connectivity index (χ2v) is 10.1. The van der Waals surface area contributed by atoms with E-state index in [0.717, 1.165) is 6.07 Å². The fourth-order valence-corrected chi connectivity index (χ4v) is 4.82. The van der Waals surface area contributed by atoms with Crippen LogP contribution in [-0.2, 0) is 9.47 Å². The van der Waals surface area contributed by atoms with Crippen molar-refractivity contribution >= 4 is 11.0 Å². The van der Waals surface area contributed by atoms with Crippen LogP contribution in [0.25, 0.3) is 22.3 Å². The number of ether oxygens (including phenoxy) is 4. The van der Waals surface area contributed by atoms with Crippen molar-refractivity contribution in [1.82, 2.24) is 0 Å². The van der Waals surface area contributed by atoms with Crippen LogP contribution in [0, 0.1) is 0 Å². The third-order valence-corrected chi connectivity index (χ3v) is 6.99. The largest absolute Gasteiger partial charge is 0.508 e. The summed E-state index contributed by atoms with van der Waals surface area (Å²) in [6.45, 7) is 2.71. The first-order chi connectivity index (χ1) is 19.4. The molecule has 2 aliphatic rings. The Labute approximate surface area is 231 Å². The van der Waals surface area contributed by atoms with Crippen LogP contribution in [0.3, 0.4) is 0 Å². The van der Waals surface area contributed by atoms with Gasteiger partial charge in [-0.05, 0) is 38.1 Å². The van der Waals surface area contributed by atoms with E-state index in [2.05, 4.69) is 0 Å². The van der Waals surface area contributed by atoms with Crippen molar-refractivity contribution in [2.24, 2.45) is 0 Å². The van der Waals surface area contributed by atoms with Crippen LogP contribution in [0.4, 0.5) is 0 Å². The Bertz CT molecular complexity index is 1450. The Kier molecular flexibility index (Phi) is 7.84. The van der Waals surface area contributed by atoms with E-state index in [1.807, 2.05) is 0 Å². The predicted octanol–water partition coefficient (Wildman–Crippen LogP) is -0.716. The van der Waals surface area contributed by atoms with Crippen LogP contribution in [0.1, 0.15) is 13.8 Å². The van der Waals surface area contributed by atoms with Crippen LogP contribution in [0.15, 0.2) is 45.6 Å². The van der Waals surface area contributed by atoms with E-state index < -0.39 is 78.3 Å². The maximum atomic E-state index is 13.7. The molecule has 0 bridgehead atoms. The highest BCUT2D eigenvalue weighted by molar-refractivity contribution is 5.88. The molecule has 5 rings (SSSR count). The minimum Gasteiger partial charge on any atom is -0.508 e. The molecule has 8 N–H and O–H groups in total. The van der Waals surface area contributed by atoms with Crippen molar-refractivity contribution in [2.75, 3.05) is 0 Å². The molecule has 0 unspecified atom stereocenters. The van der Waals surface area contributed by atoms with E-state index in [-0.39, 0.29) is 33.8 Å². The average molecular weight is 579 g/mol. The standard InChI is InChI=1S/C27H30O14/c1-9(28)22-18(33)20(35)26(39-22)37-13-7-14(31)16-15(8-13)38-24(11-3-5-12(30)6-4-11)25(17(16)32)41-27-21(36)19(34)23(40-27)10(2)29/h3-10,18-23,26-31,33-36H,1-2H3/t9-,10-,18+,19+,20-,21-,22+,23+,26+,27+/m0/s1. The van der Waals surface area contributed by atoms with Crippen molar-refractivity contribution in [3.05, 3.63) is 46.6 Å². The van der Waals surface area contributed by atoms with E-state index in [1.54, 1.807) is 0 Å². The Morgan fingerprint density at radius 3 is 1.83 bits per heavy atom. The number of aliphatic hydroxyl groups excluding tert-OH is 6. The van der Waals surface area contributed by atoms with Gasteiger partial charge in [-0.3, -0.25) is 4.79 Å². The highest BCUT2D eigenvalue weighted by atomic mass is 16.7. The minimum absolute atomic E-state index is 0.0852. The second-order valence-electron chi connectivity index (χ2n) is 10.1. The highest BCUT2D eigenvalue weighted by Gasteiger charge is 2.48. The molecule has 2 saturated heterocycles. The SMILES string of the molecule is C[C@H](O)[C@H]1O[C@@H](Oc2cc(O)c3c(=O)c(O[C@H]4O[C@H]([C@H](C)O)[C@H](O)[C@@H]4O)c(-c4ccc(O)cc4)oc3c2)[C@@H](O)[C@H]1O. The zero-order valence-corrected chi connectivity index (χ0v) is 21.8. The summed E-state index contributed by atoms with van der Waals surface area (Å²) in [6.07, 6.45) is -13.9. The molecule has 10 atom stereocenters. The first kappa shape index (κ1) is 29.0. The fourth-order valence-electron chi connectivity index (χ4n) is 4.82. The number of hydrogen-bond donors (Lipinski definition) is 8. The number of rotatable bonds is 7. The van der Waals surface area contributed by atoms with Crippen LogP contribution in [0.5, 0.6) is 23.0 Å². The molecule has 222 valence electrons. The molecule has 14 heteroatoms. The molecule has 0 amide bonds. The lowest BCUT2D eigenvalue weighted by atomic mass is 10.1. The van der Waals surface area contributed by atoms with Gasteiger partial charge >= 0.3 is 0 Å². The zero-order chi connectivity index (χ0) is 29.7. The van der Waals surface area contributed by atoms with Crippen molar-refractivity contribution in [1.29, 1.82) is 0 Å². The second kappa shape index (κ2) is 11.1. The van der Waals surface area contributed by atoms with E-state index in [9.17, 15) is 45.6 Å². The van der Waals surface area contributed by atoms with Crippen LogP contribution in [0.2, 0.25) is 0 Å². The number of aliphatic hydroxyl groups is 6. The summed E-state index contributed by atoms with van der Waals surface area (Å²) in [7, 11) is 0. The molecule has 0 spiro atoms. The Balaban J connectivity index is 1.57. The molecule has 0 saturated carbocycles. The van der Waals surface area contributed by atoms with Gasteiger partial charge in [-0.15, -0.1) is 0 Å². The number of phenols is 2. The zero-order valence-electron chi connectivity index (χ0n) is 21.8. The number of benzene rings is 2. The van der Waals surface area contributed by atoms with Crippen molar-refractivity contribution in [2.45, 2.75) is 75.3 Å². The molecule has 41 heavy (non-hydrogen) atoms. The monoisotopic (exact) mass is 578 g/mol. The number of aromatic hydroxyl groups is 2. The Hall–Kier alpha value is -3.47. The maximum absolute atomic E-state index is 13.7. The average Bonchev–Trinajstić information content (AvgIpc) is 3.36. The van der Waals surface area contributed by atoms with E-state index >= 15 is 0 Å². The van der Waals surface area contributed by atoms with E-state index in [0.29, 0.717) is 0 Å². The first-order valence-electron chi connectivity index (χ1n) is 12.7. The van der Waals surface area contributed by atoms with E-state index in [4.69, 9.17) is 23.4 Å². The molecule has 2 aliphatic heterocycles. The molecule has 0 aliphatic carbocycles. The van der Waals surface area contributed by atoms with Gasteiger partial charge in [0.2, 0.25) is 23.8 Å². The molecule has 3 heterocycles. The summed E-state index contributed by atoms with van der Waals surface area (Å²) in [5, 5.41) is 80.9. The lowest BCUT2D eigenvalue weighted by Crippen LogP contribution is -2.38.